The van der Waals surface area contributed by atoms with Crippen molar-refractivity contribution in [1.82, 2.24) is 14.9 Å². The highest BCUT2D eigenvalue weighted by Gasteiger charge is 2.33. The summed E-state index contributed by atoms with van der Waals surface area (Å²) in [6, 6.07) is 12.9. The molecule has 0 unspecified atom stereocenters. The Labute approximate surface area is 209 Å². The zero-order valence-electron chi connectivity index (χ0n) is 19.0. The van der Waals surface area contributed by atoms with Gasteiger partial charge in [-0.05, 0) is 59.1 Å². The molecule has 6 nitrogen and oxygen atoms in total. The van der Waals surface area contributed by atoms with Crippen LogP contribution in [0.2, 0.25) is 0 Å². The molecular formula is C26H20F3N5OS. The normalized spacial score (nSPS) is 14.5. The Balaban J connectivity index is 1.47. The molecule has 1 amide bonds. The lowest BCUT2D eigenvalue weighted by molar-refractivity contribution is -0.140. The van der Waals surface area contributed by atoms with Gasteiger partial charge in [-0.2, -0.15) is 29.8 Å². The average Bonchev–Trinajstić information content (AvgIpc) is 3.31. The number of hydrogen-bond donors (Lipinski definition) is 0. The van der Waals surface area contributed by atoms with E-state index in [1.165, 1.54) is 17.4 Å². The van der Waals surface area contributed by atoms with E-state index >= 15 is 0 Å². The first-order valence-electron chi connectivity index (χ1n) is 11.3. The number of benzene rings is 1. The zero-order chi connectivity index (χ0) is 25.3. The molecule has 3 aromatic heterocycles. The van der Waals surface area contributed by atoms with E-state index in [0.29, 0.717) is 60.5 Å². The first-order valence-corrected chi connectivity index (χ1v) is 12.2. The predicted molar refractivity (Wildman–Crippen MR) is 132 cm³/mol. The molecule has 182 valence electrons. The Bertz CT molecular complexity index is 1460. The minimum atomic E-state index is -4.56. The predicted octanol–water partition coefficient (Wildman–Crippen LogP) is 5.60. The molecule has 36 heavy (non-hydrogen) atoms. The first kappa shape index (κ1) is 23.8. The van der Waals surface area contributed by atoms with E-state index in [2.05, 4.69) is 9.97 Å². The number of nitrogens with zero attached hydrogens (tertiary/aromatic N) is 5. The second kappa shape index (κ2) is 9.59. The van der Waals surface area contributed by atoms with Crippen LogP contribution in [-0.4, -0.2) is 47.0 Å². The number of aromatic nitrogens is 2. The number of pyridine rings is 2. The summed E-state index contributed by atoms with van der Waals surface area (Å²) in [5, 5.41) is 13.4. The van der Waals surface area contributed by atoms with Gasteiger partial charge in [0, 0.05) is 48.9 Å². The Morgan fingerprint density at radius 3 is 2.69 bits per heavy atom. The summed E-state index contributed by atoms with van der Waals surface area (Å²) in [6.45, 7) is 1.99. The van der Waals surface area contributed by atoms with Gasteiger partial charge in [0.2, 0.25) is 0 Å². The highest BCUT2D eigenvalue weighted by molar-refractivity contribution is 7.08. The number of halogens is 3. The number of amides is 1. The summed E-state index contributed by atoms with van der Waals surface area (Å²) in [6.07, 6.45) is -2.32. The molecule has 0 spiro atoms. The molecule has 0 radical (unpaired) electrons. The highest BCUT2D eigenvalue weighted by Crippen LogP contribution is 2.36. The van der Waals surface area contributed by atoms with Crippen LogP contribution in [0.15, 0.2) is 59.4 Å². The van der Waals surface area contributed by atoms with Crippen molar-refractivity contribution >= 4 is 34.0 Å². The van der Waals surface area contributed by atoms with E-state index in [0.717, 1.165) is 11.6 Å². The highest BCUT2D eigenvalue weighted by atomic mass is 32.1. The summed E-state index contributed by atoms with van der Waals surface area (Å²) in [4.78, 5) is 25.4. The fourth-order valence-electron chi connectivity index (χ4n) is 4.38. The third-order valence-corrected chi connectivity index (χ3v) is 6.83. The van der Waals surface area contributed by atoms with Crippen LogP contribution in [0.1, 0.15) is 28.0 Å². The number of anilines is 1. The maximum Gasteiger partial charge on any atom is 0.433 e. The second-order valence-electron chi connectivity index (χ2n) is 8.42. The lowest BCUT2D eigenvalue weighted by atomic mass is 10.1. The second-order valence-corrected chi connectivity index (χ2v) is 9.20. The van der Waals surface area contributed by atoms with Gasteiger partial charge >= 0.3 is 6.18 Å². The van der Waals surface area contributed by atoms with Crippen LogP contribution >= 0.6 is 11.3 Å². The molecular weight excluding hydrogens is 487 g/mol. The van der Waals surface area contributed by atoms with Gasteiger partial charge in [0.15, 0.2) is 0 Å². The maximum absolute atomic E-state index is 13.5. The molecule has 0 saturated carbocycles. The molecule has 0 aliphatic carbocycles. The quantitative estimate of drug-likeness (QED) is 0.361. The van der Waals surface area contributed by atoms with Gasteiger partial charge in [-0.3, -0.25) is 4.79 Å². The molecule has 10 heteroatoms. The van der Waals surface area contributed by atoms with E-state index in [9.17, 15) is 18.0 Å². The summed E-state index contributed by atoms with van der Waals surface area (Å²) < 4.78 is 40.4. The number of nitriles is 1. The van der Waals surface area contributed by atoms with Crippen LogP contribution < -0.4 is 4.90 Å². The summed E-state index contributed by atoms with van der Waals surface area (Å²) in [7, 11) is 0. The Morgan fingerprint density at radius 2 is 1.94 bits per heavy atom. The van der Waals surface area contributed by atoms with Crippen molar-refractivity contribution in [3.63, 3.8) is 0 Å². The largest absolute Gasteiger partial charge is 0.433 e. The molecule has 0 bridgehead atoms. The monoisotopic (exact) mass is 507 g/mol. The van der Waals surface area contributed by atoms with Gasteiger partial charge in [0.25, 0.3) is 5.91 Å². The fourth-order valence-corrected chi connectivity index (χ4v) is 5.03. The smallest absolute Gasteiger partial charge is 0.354 e. The van der Waals surface area contributed by atoms with Crippen LogP contribution in [0.25, 0.3) is 22.0 Å². The van der Waals surface area contributed by atoms with Crippen molar-refractivity contribution in [1.29, 1.82) is 5.26 Å². The minimum absolute atomic E-state index is 0.156. The fraction of sp³-hybridized carbons (Fsp3) is 0.231. The Kier molecular flexibility index (Phi) is 6.33. The van der Waals surface area contributed by atoms with Gasteiger partial charge in [0.05, 0.1) is 17.1 Å². The van der Waals surface area contributed by atoms with Crippen molar-refractivity contribution in [2.24, 2.45) is 0 Å². The summed E-state index contributed by atoms with van der Waals surface area (Å²) >= 11 is 1.45. The number of hydrogen-bond acceptors (Lipinski definition) is 6. The van der Waals surface area contributed by atoms with Gasteiger partial charge in [-0.1, -0.05) is 6.07 Å². The molecule has 1 aromatic carbocycles. The third kappa shape index (κ3) is 4.62. The molecule has 4 heterocycles. The van der Waals surface area contributed by atoms with E-state index in [4.69, 9.17) is 5.26 Å². The van der Waals surface area contributed by atoms with E-state index < -0.39 is 11.9 Å². The molecule has 5 rings (SSSR count). The third-order valence-electron chi connectivity index (χ3n) is 6.15. The number of carbonyl (C=O) groups excluding carboxylic acids is 1. The Morgan fingerprint density at radius 1 is 1.08 bits per heavy atom. The SMILES string of the molecule is N#Cc1cccc(C(=O)N2CCCN(c3ncc(-c4ccsc4)c4nc(C(F)(F)F)ccc34)CC2)c1. The molecule has 1 aliphatic rings. The van der Waals surface area contributed by atoms with Crippen molar-refractivity contribution < 1.29 is 18.0 Å². The van der Waals surface area contributed by atoms with E-state index in [1.807, 2.05) is 27.8 Å². The van der Waals surface area contributed by atoms with Crippen molar-refractivity contribution in [3.8, 4) is 17.2 Å². The number of carbonyl (C=O) groups is 1. The number of fused-ring (bicyclic) bond motifs is 1. The van der Waals surface area contributed by atoms with Crippen molar-refractivity contribution in [2.75, 3.05) is 31.1 Å². The topological polar surface area (TPSA) is 73.1 Å². The summed E-state index contributed by atoms with van der Waals surface area (Å²) in [5.74, 6) is 0.391. The van der Waals surface area contributed by atoms with Crippen LogP contribution in [0.4, 0.5) is 19.0 Å². The van der Waals surface area contributed by atoms with Gasteiger partial charge in [0.1, 0.15) is 11.5 Å². The minimum Gasteiger partial charge on any atom is -0.354 e. The van der Waals surface area contributed by atoms with Crippen LogP contribution in [0, 0.1) is 11.3 Å². The van der Waals surface area contributed by atoms with Crippen LogP contribution in [-0.2, 0) is 6.18 Å². The van der Waals surface area contributed by atoms with Crippen LogP contribution in [0.3, 0.4) is 0 Å². The zero-order valence-corrected chi connectivity index (χ0v) is 19.8. The van der Waals surface area contributed by atoms with Gasteiger partial charge in [-0.25, -0.2) is 9.97 Å². The standard InChI is InChI=1S/C26H20F3N5OS/c27-26(28,29)22-6-5-20-23(32-22)21(19-7-12-36-16-19)15-31-24(20)33-8-2-9-34(11-10-33)25(35)18-4-1-3-17(13-18)14-30/h1,3-7,12-13,15-16H,2,8-11H2. The lowest BCUT2D eigenvalue weighted by Crippen LogP contribution is -2.35. The van der Waals surface area contributed by atoms with Crippen molar-refractivity contribution in [2.45, 2.75) is 12.6 Å². The van der Waals surface area contributed by atoms with Crippen LogP contribution in [0.5, 0.6) is 0 Å². The van der Waals surface area contributed by atoms with Gasteiger partial charge in [-0.15, -0.1) is 0 Å². The summed E-state index contributed by atoms with van der Waals surface area (Å²) in [5.41, 5.74) is 1.49. The van der Waals surface area contributed by atoms with Crippen molar-refractivity contribution in [3.05, 3.63) is 76.2 Å². The molecule has 1 aliphatic heterocycles. The van der Waals surface area contributed by atoms with Gasteiger partial charge < -0.3 is 9.80 Å². The molecule has 1 saturated heterocycles. The average molecular weight is 508 g/mol. The molecule has 0 atom stereocenters. The molecule has 0 N–H and O–H groups in total. The van der Waals surface area contributed by atoms with E-state index in [1.54, 1.807) is 35.4 Å². The number of rotatable bonds is 3. The molecule has 1 fully saturated rings. The molecule has 4 aromatic rings. The number of thiophene rings is 1. The first-order chi connectivity index (χ1) is 17.3. The Hall–Kier alpha value is -3.97. The maximum atomic E-state index is 13.5. The lowest BCUT2D eigenvalue weighted by Gasteiger charge is -2.24. The number of alkyl halides is 3. The van der Waals surface area contributed by atoms with E-state index in [-0.39, 0.29) is 11.4 Å².